The number of hydrogen-bond donors (Lipinski definition) is 1. The third-order valence-electron chi connectivity index (χ3n) is 1.83. The van der Waals surface area contributed by atoms with Crippen molar-refractivity contribution in [1.82, 2.24) is 0 Å². The number of thiophene rings is 1. The molecule has 12 heavy (non-hydrogen) atoms. The van der Waals surface area contributed by atoms with Crippen LogP contribution in [0, 0.1) is 0 Å². The Balaban J connectivity index is 2.52. The minimum absolute atomic E-state index is 0.332. The van der Waals surface area contributed by atoms with E-state index in [9.17, 15) is 0 Å². The summed E-state index contributed by atoms with van der Waals surface area (Å²) < 4.78 is 1.38. The van der Waals surface area contributed by atoms with Crippen LogP contribution in [-0.4, -0.2) is 12.3 Å². The Morgan fingerprint density at radius 1 is 1.58 bits per heavy atom. The van der Waals surface area contributed by atoms with Crippen molar-refractivity contribution in [3.63, 3.8) is 0 Å². The number of thioether (sulfide) groups is 1. The zero-order chi connectivity index (χ0) is 8.97. The number of nitrogens with two attached hydrogens (primary N) is 1. The van der Waals surface area contributed by atoms with Crippen LogP contribution >= 0.6 is 23.1 Å². The molecule has 0 saturated carbocycles. The van der Waals surface area contributed by atoms with E-state index in [0.717, 1.165) is 12.8 Å². The van der Waals surface area contributed by atoms with E-state index < -0.39 is 0 Å². The smallest absolute Gasteiger partial charge is 0.0598 e. The maximum atomic E-state index is 5.86. The van der Waals surface area contributed by atoms with Gasteiger partial charge in [0, 0.05) is 10.9 Å². The molecule has 1 unspecified atom stereocenters. The summed E-state index contributed by atoms with van der Waals surface area (Å²) in [6.07, 6.45) is 4.20. The number of hydrogen-bond acceptors (Lipinski definition) is 3. The van der Waals surface area contributed by atoms with Crippen LogP contribution in [0.25, 0.3) is 0 Å². The second-order valence-corrected chi connectivity index (χ2v) is 5.07. The molecule has 1 aromatic rings. The van der Waals surface area contributed by atoms with E-state index in [4.69, 9.17) is 5.73 Å². The molecule has 0 aliphatic heterocycles. The third-order valence-corrected chi connectivity index (χ3v) is 4.02. The van der Waals surface area contributed by atoms with Crippen LogP contribution < -0.4 is 5.73 Å². The van der Waals surface area contributed by atoms with Crippen LogP contribution in [-0.2, 0) is 6.42 Å². The maximum Gasteiger partial charge on any atom is 0.0598 e. The molecule has 1 atom stereocenters. The lowest BCUT2D eigenvalue weighted by Crippen LogP contribution is -2.20. The van der Waals surface area contributed by atoms with E-state index in [2.05, 4.69) is 25.3 Å². The van der Waals surface area contributed by atoms with Crippen LogP contribution in [0.4, 0.5) is 0 Å². The topological polar surface area (TPSA) is 26.0 Å². The molecule has 2 N–H and O–H groups in total. The molecule has 0 spiro atoms. The van der Waals surface area contributed by atoms with Crippen molar-refractivity contribution < 1.29 is 0 Å². The third kappa shape index (κ3) is 2.81. The Hall–Kier alpha value is 0.01000. The van der Waals surface area contributed by atoms with Gasteiger partial charge in [0.1, 0.15) is 0 Å². The van der Waals surface area contributed by atoms with Crippen molar-refractivity contribution >= 4 is 23.1 Å². The van der Waals surface area contributed by atoms with E-state index >= 15 is 0 Å². The van der Waals surface area contributed by atoms with Gasteiger partial charge in [-0.1, -0.05) is 6.92 Å². The zero-order valence-corrected chi connectivity index (χ0v) is 9.17. The van der Waals surface area contributed by atoms with Crippen molar-refractivity contribution in [3.05, 3.63) is 17.0 Å². The number of rotatable bonds is 4. The van der Waals surface area contributed by atoms with Gasteiger partial charge in [-0.25, -0.2) is 0 Å². The zero-order valence-electron chi connectivity index (χ0n) is 7.54. The van der Waals surface area contributed by atoms with Gasteiger partial charge in [0.15, 0.2) is 0 Å². The molecule has 0 saturated heterocycles. The average Bonchev–Trinajstić information content (AvgIpc) is 2.52. The molecule has 0 radical (unpaired) electrons. The van der Waals surface area contributed by atoms with E-state index in [1.165, 1.54) is 9.09 Å². The minimum Gasteiger partial charge on any atom is -0.327 e. The Kier molecular flexibility index (Phi) is 4.12. The van der Waals surface area contributed by atoms with Gasteiger partial charge in [0.05, 0.1) is 4.21 Å². The van der Waals surface area contributed by atoms with Gasteiger partial charge in [-0.2, -0.15) is 0 Å². The molecule has 0 aliphatic rings. The van der Waals surface area contributed by atoms with Crippen molar-refractivity contribution in [2.45, 2.75) is 30.0 Å². The molecule has 1 heterocycles. The average molecular weight is 201 g/mol. The van der Waals surface area contributed by atoms with Gasteiger partial charge in [0.2, 0.25) is 0 Å². The summed E-state index contributed by atoms with van der Waals surface area (Å²) in [5.74, 6) is 0. The first-order valence-electron chi connectivity index (χ1n) is 4.14. The van der Waals surface area contributed by atoms with Gasteiger partial charge in [-0.05, 0) is 31.2 Å². The van der Waals surface area contributed by atoms with Crippen molar-refractivity contribution in [2.75, 3.05) is 6.26 Å². The predicted octanol–water partition coefficient (Wildman–Crippen LogP) is 2.75. The van der Waals surface area contributed by atoms with Gasteiger partial charge in [-0.15, -0.1) is 23.1 Å². The lowest BCUT2D eigenvalue weighted by Gasteiger charge is -2.04. The quantitative estimate of drug-likeness (QED) is 0.758. The fourth-order valence-corrected chi connectivity index (χ4v) is 2.67. The standard InChI is InChI=1S/C9H15NS2/c1-3-7(10)6-8-4-5-9(11-2)12-8/h4-5,7H,3,6,10H2,1-2H3. The van der Waals surface area contributed by atoms with Crippen molar-refractivity contribution in [3.8, 4) is 0 Å². The van der Waals surface area contributed by atoms with Crippen LogP contribution in [0.5, 0.6) is 0 Å². The summed E-state index contributed by atoms with van der Waals surface area (Å²) in [7, 11) is 0. The van der Waals surface area contributed by atoms with Gasteiger partial charge < -0.3 is 5.73 Å². The Morgan fingerprint density at radius 2 is 2.33 bits per heavy atom. The molecular weight excluding hydrogens is 186 g/mol. The van der Waals surface area contributed by atoms with Crippen molar-refractivity contribution in [2.24, 2.45) is 5.73 Å². The van der Waals surface area contributed by atoms with Crippen molar-refractivity contribution in [1.29, 1.82) is 0 Å². The highest BCUT2D eigenvalue weighted by Crippen LogP contribution is 2.25. The molecule has 0 aromatic carbocycles. The normalized spacial score (nSPS) is 13.2. The Morgan fingerprint density at radius 3 is 2.83 bits per heavy atom. The van der Waals surface area contributed by atoms with E-state index in [0.29, 0.717) is 6.04 Å². The lowest BCUT2D eigenvalue weighted by molar-refractivity contribution is 0.652. The molecule has 68 valence electrons. The summed E-state index contributed by atoms with van der Waals surface area (Å²) in [6.45, 7) is 2.13. The maximum absolute atomic E-state index is 5.86. The van der Waals surface area contributed by atoms with Crippen LogP contribution in [0.3, 0.4) is 0 Å². The molecule has 1 nitrogen and oxygen atoms in total. The predicted molar refractivity (Wildman–Crippen MR) is 58.1 cm³/mol. The highest BCUT2D eigenvalue weighted by atomic mass is 32.2. The summed E-state index contributed by atoms with van der Waals surface area (Å²) >= 11 is 3.66. The molecule has 3 heteroatoms. The second-order valence-electron chi connectivity index (χ2n) is 2.80. The Labute approximate surface area is 82.4 Å². The minimum atomic E-state index is 0.332. The monoisotopic (exact) mass is 201 g/mol. The molecule has 0 aliphatic carbocycles. The molecule has 1 aromatic heterocycles. The first-order chi connectivity index (χ1) is 5.76. The summed E-state index contributed by atoms with van der Waals surface area (Å²) in [5, 5.41) is 0. The summed E-state index contributed by atoms with van der Waals surface area (Å²) in [6, 6.07) is 4.69. The molecular formula is C9H15NS2. The van der Waals surface area contributed by atoms with Crippen LogP contribution in [0.2, 0.25) is 0 Å². The fourth-order valence-electron chi connectivity index (χ4n) is 0.980. The fraction of sp³-hybridized carbons (Fsp3) is 0.556. The van der Waals surface area contributed by atoms with Gasteiger partial charge in [-0.3, -0.25) is 0 Å². The largest absolute Gasteiger partial charge is 0.327 e. The SMILES string of the molecule is CCC(N)Cc1ccc(SC)s1. The van der Waals surface area contributed by atoms with Gasteiger partial charge >= 0.3 is 0 Å². The van der Waals surface area contributed by atoms with E-state index in [1.807, 2.05) is 11.3 Å². The second kappa shape index (κ2) is 4.90. The summed E-state index contributed by atoms with van der Waals surface area (Å²) in [5.41, 5.74) is 5.86. The first-order valence-corrected chi connectivity index (χ1v) is 6.18. The molecule has 1 rings (SSSR count). The molecule has 0 amide bonds. The first kappa shape index (κ1) is 10.1. The summed E-state index contributed by atoms with van der Waals surface area (Å²) in [4.78, 5) is 1.41. The lowest BCUT2D eigenvalue weighted by atomic mass is 10.1. The highest BCUT2D eigenvalue weighted by Gasteiger charge is 2.03. The molecule has 0 bridgehead atoms. The van der Waals surface area contributed by atoms with E-state index in [1.54, 1.807) is 11.8 Å². The molecule has 0 fully saturated rings. The van der Waals surface area contributed by atoms with E-state index in [-0.39, 0.29) is 0 Å². The Bertz CT molecular complexity index is 232. The van der Waals surface area contributed by atoms with Crippen LogP contribution in [0.1, 0.15) is 18.2 Å². The highest BCUT2D eigenvalue weighted by molar-refractivity contribution is 8.00. The van der Waals surface area contributed by atoms with Crippen LogP contribution in [0.15, 0.2) is 16.3 Å². The van der Waals surface area contributed by atoms with Gasteiger partial charge in [0.25, 0.3) is 0 Å².